The van der Waals surface area contributed by atoms with Crippen LogP contribution in [0.4, 0.5) is 0 Å². The van der Waals surface area contributed by atoms with Crippen molar-refractivity contribution in [3.05, 3.63) is 23.8 Å². The lowest BCUT2D eigenvalue weighted by Gasteiger charge is -2.62. The molecule has 5 atom stereocenters. The van der Waals surface area contributed by atoms with E-state index in [1.807, 2.05) is 6.08 Å². The normalized spacial score (nSPS) is 41.2. The van der Waals surface area contributed by atoms with Crippen LogP contribution < -0.4 is 0 Å². The summed E-state index contributed by atoms with van der Waals surface area (Å²) in [5.41, 5.74) is 3.45. The predicted octanol–water partition coefficient (Wildman–Crippen LogP) is 5.68. The smallest absolute Gasteiger partial charge is 0.302 e. The van der Waals surface area contributed by atoms with Gasteiger partial charge in [0.15, 0.2) is 0 Å². The van der Waals surface area contributed by atoms with Crippen molar-refractivity contribution in [2.75, 3.05) is 0 Å². The van der Waals surface area contributed by atoms with Crippen LogP contribution in [-0.2, 0) is 9.53 Å². The Labute approximate surface area is 147 Å². The third-order valence-corrected chi connectivity index (χ3v) is 7.63. The maximum Gasteiger partial charge on any atom is 0.302 e. The molecule has 24 heavy (non-hydrogen) atoms. The summed E-state index contributed by atoms with van der Waals surface area (Å²) in [7, 11) is 0. The van der Waals surface area contributed by atoms with E-state index in [0.29, 0.717) is 11.8 Å². The van der Waals surface area contributed by atoms with E-state index in [1.54, 1.807) is 6.92 Å². The van der Waals surface area contributed by atoms with E-state index < -0.39 is 0 Å². The fourth-order valence-corrected chi connectivity index (χ4v) is 6.83. The highest BCUT2D eigenvalue weighted by atomic mass is 16.5. The number of fused-ring (bicyclic) bond motifs is 3. The lowest BCUT2D eigenvalue weighted by Crippen LogP contribution is -2.59. The average Bonchev–Trinajstić information content (AvgIpc) is 2.46. The number of hydrogen-bond donors (Lipinski definition) is 0. The van der Waals surface area contributed by atoms with E-state index in [4.69, 9.17) is 4.74 Å². The number of esters is 1. The van der Waals surface area contributed by atoms with Crippen molar-refractivity contribution in [2.24, 2.45) is 28.6 Å². The first-order valence-corrected chi connectivity index (χ1v) is 9.70. The fraction of sp³-hybridized carbons (Fsp3) is 0.773. The second-order valence-electron chi connectivity index (χ2n) is 9.37. The molecule has 0 aromatic rings. The molecule has 3 aliphatic carbocycles. The van der Waals surface area contributed by atoms with Gasteiger partial charge in [-0.2, -0.15) is 0 Å². The quantitative estimate of drug-likeness (QED) is 0.609. The number of carbonyl (C=O) groups is 1. The Bertz CT molecular complexity index is 571. The van der Waals surface area contributed by atoms with Crippen LogP contribution in [0.25, 0.3) is 0 Å². The van der Waals surface area contributed by atoms with Crippen LogP contribution in [0, 0.1) is 28.6 Å². The van der Waals surface area contributed by atoms with E-state index in [9.17, 15) is 4.79 Å². The first-order valence-electron chi connectivity index (χ1n) is 9.70. The summed E-state index contributed by atoms with van der Waals surface area (Å²) in [6, 6.07) is 0. The van der Waals surface area contributed by atoms with E-state index >= 15 is 0 Å². The summed E-state index contributed by atoms with van der Waals surface area (Å²) in [6.45, 7) is 15.2. The molecule has 3 aliphatic rings. The molecule has 0 N–H and O–H groups in total. The molecule has 0 bridgehead atoms. The van der Waals surface area contributed by atoms with Crippen molar-refractivity contribution < 1.29 is 9.53 Å². The summed E-state index contributed by atoms with van der Waals surface area (Å²) < 4.78 is 5.94. The van der Waals surface area contributed by atoms with Crippen molar-refractivity contribution in [3.8, 4) is 0 Å². The highest BCUT2D eigenvalue weighted by Crippen LogP contribution is 2.64. The van der Waals surface area contributed by atoms with Gasteiger partial charge in [-0.1, -0.05) is 45.4 Å². The van der Waals surface area contributed by atoms with Gasteiger partial charge < -0.3 is 4.74 Å². The van der Waals surface area contributed by atoms with Gasteiger partial charge in [0.05, 0.1) is 0 Å². The largest absolute Gasteiger partial charge is 0.462 e. The molecule has 2 fully saturated rings. The Balaban J connectivity index is 2.05. The second-order valence-corrected chi connectivity index (χ2v) is 9.37. The molecule has 134 valence electrons. The van der Waals surface area contributed by atoms with Crippen LogP contribution in [0.2, 0.25) is 0 Å². The number of ether oxygens (including phenoxy) is 1. The molecule has 2 saturated carbocycles. The van der Waals surface area contributed by atoms with E-state index in [1.165, 1.54) is 36.8 Å². The van der Waals surface area contributed by atoms with Gasteiger partial charge in [0.2, 0.25) is 0 Å². The zero-order chi connectivity index (χ0) is 17.7. The number of allylic oxidation sites excluding steroid dienone is 3. The molecular formula is C22H34O2. The monoisotopic (exact) mass is 330 g/mol. The minimum absolute atomic E-state index is 0.0585. The first-order chi connectivity index (χ1) is 11.2. The second kappa shape index (κ2) is 6.04. The molecule has 2 heteroatoms. The molecule has 5 unspecified atom stereocenters. The van der Waals surface area contributed by atoms with Crippen molar-refractivity contribution in [2.45, 2.75) is 79.2 Å². The third kappa shape index (κ3) is 2.66. The Morgan fingerprint density at radius 1 is 1.29 bits per heavy atom. The lowest BCUT2D eigenvalue weighted by molar-refractivity contribution is -0.187. The Morgan fingerprint density at radius 2 is 2.00 bits per heavy atom. The molecular weight excluding hydrogens is 296 g/mol. The number of carbonyl (C=O) groups excluding carboxylic acids is 1. The van der Waals surface area contributed by atoms with Gasteiger partial charge in [0.1, 0.15) is 6.10 Å². The SMILES string of the molecule is C=CC1=C(C)C2CC(OC(C)=O)C3C(C)(C)CCCC3(C)C2CC1. The molecule has 0 amide bonds. The van der Waals surface area contributed by atoms with Gasteiger partial charge in [-0.15, -0.1) is 0 Å². The Kier molecular flexibility index (Phi) is 4.47. The molecule has 3 rings (SSSR count). The topological polar surface area (TPSA) is 26.3 Å². The molecule has 2 nitrogen and oxygen atoms in total. The zero-order valence-electron chi connectivity index (χ0n) is 16.2. The van der Waals surface area contributed by atoms with Crippen LogP contribution in [-0.4, -0.2) is 12.1 Å². The third-order valence-electron chi connectivity index (χ3n) is 7.63. The summed E-state index contributed by atoms with van der Waals surface area (Å²) in [5, 5.41) is 0. The van der Waals surface area contributed by atoms with Gasteiger partial charge in [0, 0.05) is 12.8 Å². The van der Waals surface area contributed by atoms with Gasteiger partial charge in [-0.25, -0.2) is 0 Å². The maximum absolute atomic E-state index is 11.8. The van der Waals surface area contributed by atoms with Crippen molar-refractivity contribution in [3.63, 3.8) is 0 Å². The van der Waals surface area contributed by atoms with Crippen molar-refractivity contribution >= 4 is 5.97 Å². The minimum atomic E-state index is -0.122. The van der Waals surface area contributed by atoms with Crippen molar-refractivity contribution in [1.29, 1.82) is 0 Å². The Morgan fingerprint density at radius 3 is 2.62 bits per heavy atom. The van der Waals surface area contributed by atoms with Crippen molar-refractivity contribution in [1.82, 2.24) is 0 Å². The molecule has 0 aromatic carbocycles. The molecule has 0 heterocycles. The summed E-state index contributed by atoms with van der Waals surface area (Å²) >= 11 is 0. The number of rotatable bonds is 2. The standard InChI is InChI=1S/C22H34O2/c1-7-16-9-10-18-17(14(16)2)13-19(24-15(3)23)20-21(4,5)11-8-12-22(18,20)6/h7,17-20H,1,8-13H2,2-6H3. The van der Waals surface area contributed by atoms with Crippen LogP contribution in [0.1, 0.15) is 73.1 Å². The molecule has 0 saturated heterocycles. The highest BCUT2D eigenvalue weighted by Gasteiger charge is 2.60. The van der Waals surface area contributed by atoms with E-state index in [-0.39, 0.29) is 22.9 Å². The lowest BCUT2D eigenvalue weighted by atomic mass is 9.43. The molecule has 0 aromatic heterocycles. The predicted molar refractivity (Wildman–Crippen MR) is 98.5 cm³/mol. The number of hydrogen-bond acceptors (Lipinski definition) is 2. The van der Waals surface area contributed by atoms with Gasteiger partial charge in [-0.3, -0.25) is 4.79 Å². The zero-order valence-corrected chi connectivity index (χ0v) is 16.2. The molecule has 0 radical (unpaired) electrons. The van der Waals surface area contributed by atoms with E-state index in [0.717, 1.165) is 18.8 Å². The summed E-state index contributed by atoms with van der Waals surface area (Å²) in [5.74, 6) is 1.62. The van der Waals surface area contributed by atoms with Gasteiger partial charge >= 0.3 is 5.97 Å². The van der Waals surface area contributed by atoms with E-state index in [2.05, 4.69) is 34.3 Å². The average molecular weight is 331 g/mol. The highest BCUT2D eigenvalue weighted by molar-refractivity contribution is 5.66. The Hall–Kier alpha value is -1.05. The fourth-order valence-electron chi connectivity index (χ4n) is 6.83. The summed E-state index contributed by atoms with van der Waals surface area (Å²) in [4.78, 5) is 11.8. The van der Waals surface area contributed by atoms with Crippen LogP contribution in [0.3, 0.4) is 0 Å². The van der Waals surface area contributed by atoms with Gasteiger partial charge in [0.25, 0.3) is 0 Å². The summed E-state index contributed by atoms with van der Waals surface area (Å²) in [6.07, 6.45) is 9.35. The minimum Gasteiger partial charge on any atom is -0.462 e. The van der Waals surface area contributed by atoms with Crippen LogP contribution in [0.15, 0.2) is 23.8 Å². The maximum atomic E-state index is 11.8. The molecule has 0 spiro atoms. The van der Waals surface area contributed by atoms with Gasteiger partial charge in [-0.05, 0) is 67.3 Å². The van der Waals surface area contributed by atoms with Crippen LogP contribution in [0.5, 0.6) is 0 Å². The van der Waals surface area contributed by atoms with Crippen LogP contribution >= 0.6 is 0 Å². The molecule has 0 aliphatic heterocycles. The first kappa shape index (κ1) is 17.8.